The molecule has 3 heterocycles. The van der Waals surface area contributed by atoms with E-state index < -0.39 is 0 Å². The SMILES string of the molecule is c1ccc(C2=NC(c3cccc4c3oc3ccc(-c5ccc6c(c5)c5ccccc5n6-c5ccccc5)cc34)=NC(c3ccc4ccccc4c3)N2)cc1. The molecule has 0 bridgehead atoms. The first-order chi connectivity index (χ1) is 26.7. The Morgan fingerprint density at radius 1 is 0.500 bits per heavy atom. The van der Waals surface area contributed by atoms with Gasteiger partial charge in [0.2, 0.25) is 0 Å². The van der Waals surface area contributed by atoms with Crippen LogP contribution in [0.2, 0.25) is 0 Å². The van der Waals surface area contributed by atoms with E-state index in [1.165, 1.54) is 32.6 Å². The maximum atomic E-state index is 6.67. The standard InChI is InChI=1S/C49H32N4O/c1-3-13-32(14-4-1)47-50-48(36-23-22-31-12-7-8-15-33(31)28-36)52-49(51-47)40-20-11-19-39-42-30-35(25-27-45(42)54-46(39)40)34-24-26-44-41(29-34)38-18-9-10-21-43(38)53(44)37-16-5-2-6-17-37/h1-30,48H,(H,50,51,52). The van der Waals surface area contributed by atoms with Crippen LogP contribution >= 0.6 is 0 Å². The van der Waals surface area contributed by atoms with Crippen LogP contribution in [0.25, 0.3) is 71.3 Å². The van der Waals surface area contributed by atoms with Gasteiger partial charge in [0.05, 0.1) is 16.6 Å². The lowest BCUT2D eigenvalue weighted by atomic mass is 10.00. The lowest BCUT2D eigenvalue weighted by molar-refractivity contribution is 0.663. The molecule has 11 rings (SSSR count). The Kier molecular flexibility index (Phi) is 6.85. The number of rotatable bonds is 5. The number of benzene rings is 8. The lowest BCUT2D eigenvalue weighted by Crippen LogP contribution is -2.33. The van der Waals surface area contributed by atoms with Gasteiger partial charge < -0.3 is 14.3 Å². The molecule has 1 atom stereocenters. The molecule has 5 nitrogen and oxygen atoms in total. The largest absolute Gasteiger partial charge is 0.455 e. The van der Waals surface area contributed by atoms with Crippen LogP contribution in [0.15, 0.2) is 196 Å². The Morgan fingerprint density at radius 3 is 2.07 bits per heavy atom. The van der Waals surface area contributed by atoms with Crippen molar-refractivity contribution in [2.24, 2.45) is 9.98 Å². The molecular weight excluding hydrogens is 661 g/mol. The van der Waals surface area contributed by atoms with Gasteiger partial charge in [0.1, 0.15) is 23.2 Å². The van der Waals surface area contributed by atoms with Crippen molar-refractivity contribution >= 4 is 66.2 Å². The molecule has 10 aromatic rings. The quantitative estimate of drug-likeness (QED) is 0.195. The number of para-hydroxylation sites is 3. The van der Waals surface area contributed by atoms with Crippen molar-refractivity contribution in [1.82, 2.24) is 9.88 Å². The van der Waals surface area contributed by atoms with Crippen molar-refractivity contribution in [3.8, 4) is 16.8 Å². The highest BCUT2D eigenvalue weighted by Gasteiger charge is 2.24. The van der Waals surface area contributed by atoms with Crippen LogP contribution in [0.5, 0.6) is 0 Å². The molecule has 2 aromatic heterocycles. The Morgan fingerprint density at radius 2 is 1.20 bits per heavy atom. The average Bonchev–Trinajstić information content (AvgIpc) is 3.79. The van der Waals surface area contributed by atoms with Crippen molar-refractivity contribution in [3.05, 3.63) is 199 Å². The minimum absolute atomic E-state index is 0.327. The number of nitrogens with one attached hydrogen (secondary N) is 1. The van der Waals surface area contributed by atoms with Gasteiger partial charge >= 0.3 is 0 Å². The molecule has 5 heteroatoms. The van der Waals surface area contributed by atoms with Crippen molar-refractivity contribution in [2.45, 2.75) is 6.17 Å². The van der Waals surface area contributed by atoms with Crippen molar-refractivity contribution in [1.29, 1.82) is 0 Å². The van der Waals surface area contributed by atoms with Gasteiger partial charge in [-0.2, -0.15) is 0 Å². The molecule has 1 unspecified atom stereocenters. The molecule has 0 saturated carbocycles. The third kappa shape index (κ3) is 4.94. The zero-order valence-electron chi connectivity index (χ0n) is 29.1. The van der Waals surface area contributed by atoms with Crippen LogP contribution in [0.1, 0.15) is 22.9 Å². The number of hydrogen-bond acceptors (Lipinski definition) is 4. The summed E-state index contributed by atoms with van der Waals surface area (Å²) in [7, 11) is 0. The molecule has 0 fully saturated rings. The van der Waals surface area contributed by atoms with E-state index >= 15 is 0 Å². The van der Waals surface area contributed by atoms with Crippen LogP contribution < -0.4 is 5.32 Å². The second-order valence-corrected chi connectivity index (χ2v) is 13.8. The van der Waals surface area contributed by atoms with Gasteiger partial charge in [0.25, 0.3) is 0 Å². The minimum Gasteiger partial charge on any atom is -0.455 e. The average molecular weight is 693 g/mol. The molecule has 0 saturated heterocycles. The third-order valence-electron chi connectivity index (χ3n) is 10.6. The van der Waals surface area contributed by atoms with Gasteiger partial charge in [0, 0.05) is 32.8 Å². The fourth-order valence-corrected chi connectivity index (χ4v) is 8.02. The minimum atomic E-state index is -0.327. The number of aromatic nitrogens is 1. The van der Waals surface area contributed by atoms with Crippen LogP contribution in [0, 0.1) is 0 Å². The maximum absolute atomic E-state index is 6.67. The lowest BCUT2D eigenvalue weighted by Gasteiger charge is -2.24. The zero-order valence-corrected chi connectivity index (χ0v) is 29.1. The Bertz CT molecular complexity index is 3140. The van der Waals surface area contributed by atoms with Gasteiger partial charge in [-0.1, -0.05) is 127 Å². The summed E-state index contributed by atoms with van der Waals surface area (Å²) in [6, 6.07) is 64.0. The van der Waals surface area contributed by atoms with Crippen LogP contribution in [-0.2, 0) is 0 Å². The van der Waals surface area contributed by atoms with E-state index in [1.807, 2.05) is 18.2 Å². The van der Waals surface area contributed by atoms with Crippen LogP contribution in [-0.4, -0.2) is 16.2 Å². The molecule has 0 aliphatic carbocycles. The topological polar surface area (TPSA) is 54.8 Å². The molecular formula is C49H32N4O. The summed E-state index contributed by atoms with van der Waals surface area (Å²) in [5, 5.41) is 10.5. The van der Waals surface area contributed by atoms with E-state index in [-0.39, 0.29) is 6.17 Å². The first kappa shape index (κ1) is 30.4. The van der Waals surface area contributed by atoms with Crippen LogP contribution in [0.3, 0.4) is 0 Å². The van der Waals surface area contributed by atoms with Gasteiger partial charge in [-0.25, -0.2) is 9.98 Å². The summed E-state index contributed by atoms with van der Waals surface area (Å²) in [6.45, 7) is 0. The first-order valence-electron chi connectivity index (χ1n) is 18.3. The van der Waals surface area contributed by atoms with E-state index in [1.54, 1.807) is 0 Å². The summed E-state index contributed by atoms with van der Waals surface area (Å²) in [5.41, 5.74) is 10.4. The Hall–Kier alpha value is -7.24. The summed E-state index contributed by atoms with van der Waals surface area (Å²) < 4.78 is 9.02. The van der Waals surface area contributed by atoms with E-state index in [2.05, 4.69) is 174 Å². The van der Waals surface area contributed by atoms with E-state index in [0.29, 0.717) is 5.84 Å². The molecule has 0 radical (unpaired) electrons. The summed E-state index contributed by atoms with van der Waals surface area (Å²) in [4.78, 5) is 10.3. The van der Waals surface area contributed by atoms with Crippen molar-refractivity contribution < 1.29 is 4.42 Å². The predicted octanol–water partition coefficient (Wildman–Crippen LogP) is 12.0. The maximum Gasteiger partial charge on any atom is 0.163 e. The number of nitrogens with zero attached hydrogens (tertiary/aromatic N) is 3. The molecule has 0 spiro atoms. The fourth-order valence-electron chi connectivity index (χ4n) is 8.02. The monoisotopic (exact) mass is 692 g/mol. The first-order valence-corrected chi connectivity index (χ1v) is 18.3. The summed E-state index contributed by atoms with van der Waals surface area (Å²) in [5.74, 6) is 1.41. The smallest absolute Gasteiger partial charge is 0.163 e. The molecule has 8 aromatic carbocycles. The number of furan rings is 1. The summed E-state index contributed by atoms with van der Waals surface area (Å²) in [6.07, 6.45) is -0.327. The van der Waals surface area contributed by atoms with Crippen molar-refractivity contribution in [2.75, 3.05) is 0 Å². The third-order valence-corrected chi connectivity index (χ3v) is 10.6. The van der Waals surface area contributed by atoms with E-state index in [4.69, 9.17) is 14.4 Å². The molecule has 1 aliphatic heterocycles. The number of fused-ring (bicyclic) bond motifs is 7. The fraction of sp³-hybridized carbons (Fsp3) is 0.0204. The van der Waals surface area contributed by atoms with Gasteiger partial charge in [-0.3, -0.25) is 0 Å². The molecule has 1 N–H and O–H groups in total. The van der Waals surface area contributed by atoms with Gasteiger partial charge in [-0.15, -0.1) is 0 Å². The van der Waals surface area contributed by atoms with E-state index in [9.17, 15) is 0 Å². The molecule has 1 aliphatic rings. The molecule has 54 heavy (non-hydrogen) atoms. The number of hydrogen-bond donors (Lipinski definition) is 1. The number of aliphatic imine (C=N–C) groups is 2. The van der Waals surface area contributed by atoms with Gasteiger partial charge in [-0.05, 0) is 82.1 Å². The zero-order chi connectivity index (χ0) is 35.6. The Balaban J connectivity index is 1.04. The van der Waals surface area contributed by atoms with Crippen molar-refractivity contribution in [3.63, 3.8) is 0 Å². The van der Waals surface area contributed by atoms with Crippen LogP contribution in [0.4, 0.5) is 0 Å². The van der Waals surface area contributed by atoms with E-state index in [0.717, 1.165) is 61.3 Å². The summed E-state index contributed by atoms with van der Waals surface area (Å²) >= 11 is 0. The highest BCUT2D eigenvalue weighted by molar-refractivity contribution is 6.20. The molecule has 0 amide bonds. The Labute approximate surface area is 311 Å². The second kappa shape index (κ2) is 12.2. The highest BCUT2D eigenvalue weighted by atomic mass is 16.3. The number of amidine groups is 2. The highest BCUT2D eigenvalue weighted by Crippen LogP contribution is 2.38. The molecule has 254 valence electrons. The normalized spacial score (nSPS) is 14.5. The second-order valence-electron chi connectivity index (χ2n) is 13.8. The predicted molar refractivity (Wildman–Crippen MR) is 223 cm³/mol. The van der Waals surface area contributed by atoms with Gasteiger partial charge in [0.15, 0.2) is 5.84 Å².